The first kappa shape index (κ1) is 11.8. The van der Waals surface area contributed by atoms with Gasteiger partial charge in [0.1, 0.15) is 0 Å². The molecule has 0 radical (unpaired) electrons. The van der Waals surface area contributed by atoms with E-state index in [2.05, 4.69) is 12.6 Å². The third-order valence-corrected chi connectivity index (χ3v) is 2.13. The molecule has 0 aromatic heterocycles. The fourth-order valence-electron chi connectivity index (χ4n) is 0.980. The highest BCUT2D eigenvalue weighted by atomic mass is 32.1. The van der Waals surface area contributed by atoms with Crippen molar-refractivity contribution in [3.63, 3.8) is 0 Å². The highest BCUT2D eigenvalue weighted by molar-refractivity contribution is 7.80. The zero-order chi connectivity index (χ0) is 12.5. The second kappa shape index (κ2) is 4.10. The van der Waals surface area contributed by atoms with Gasteiger partial charge in [0.2, 0.25) is 0 Å². The fraction of sp³-hybridized carbons (Fsp3) is 0. The summed E-state index contributed by atoms with van der Waals surface area (Å²) in [5, 5.41) is 29.5. The van der Waals surface area contributed by atoms with Crippen LogP contribution in [-0.2, 0) is 0 Å². The van der Waals surface area contributed by atoms with E-state index in [1.165, 1.54) is 0 Å². The van der Waals surface area contributed by atoms with Crippen molar-refractivity contribution in [1.29, 1.82) is 0 Å². The molecule has 1 aromatic carbocycles. The molecule has 0 heterocycles. The number of nitro benzene ring substituents is 2. The Hall–Kier alpha value is -2.23. The molecule has 0 atom stereocenters. The third kappa shape index (κ3) is 2.06. The van der Waals surface area contributed by atoms with Crippen molar-refractivity contribution >= 4 is 29.7 Å². The molecule has 16 heavy (non-hydrogen) atoms. The first-order valence-electron chi connectivity index (χ1n) is 3.66. The summed E-state index contributed by atoms with van der Waals surface area (Å²) in [7, 11) is 0. The van der Waals surface area contributed by atoms with Gasteiger partial charge in [-0.3, -0.25) is 20.2 Å². The molecule has 0 fully saturated rings. The summed E-state index contributed by atoms with van der Waals surface area (Å²) in [5.41, 5.74) is -2.08. The predicted molar refractivity (Wildman–Crippen MR) is 52.1 cm³/mol. The standard InChI is InChI=1S/C6H3N3O6S/c10-7(11)3-1-4(8(12)13)6(16)5(2-3)9(14)15/h1-2H,(H-,12,13,16)/p+1. The molecular formula is C6H4N3O6S+. The molecule has 0 aliphatic rings. The Kier molecular flexibility index (Phi) is 3.04. The monoisotopic (exact) mass is 246 g/mol. The Morgan fingerprint density at radius 3 is 1.94 bits per heavy atom. The van der Waals surface area contributed by atoms with Crippen LogP contribution in [0.15, 0.2) is 17.0 Å². The van der Waals surface area contributed by atoms with Gasteiger partial charge in [-0.25, -0.2) is 5.21 Å². The van der Waals surface area contributed by atoms with E-state index in [0.717, 1.165) is 0 Å². The lowest BCUT2D eigenvalue weighted by Crippen LogP contribution is -1.99. The van der Waals surface area contributed by atoms with Crippen LogP contribution in [0.2, 0.25) is 0 Å². The van der Waals surface area contributed by atoms with Gasteiger partial charge in [-0.05, 0) is 0 Å². The Balaban J connectivity index is 3.57. The largest absolute Gasteiger partial charge is 0.343 e. The van der Waals surface area contributed by atoms with Crippen molar-refractivity contribution in [3.8, 4) is 0 Å². The number of nitrogens with zero attached hydrogens (tertiary/aromatic N) is 3. The summed E-state index contributed by atoms with van der Waals surface area (Å²) < 4.78 is 0. The van der Waals surface area contributed by atoms with Crippen molar-refractivity contribution in [2.24, 2.45) is 0 Å². The highest BCUT2D eigenvalue weighted by Gasteiger charge is 2.30. The van der Waals surface area contributed by atoms with Crippen molar-refractivity contribution in [1.82, 2.24) is 0 Å². The normalized spacial score (nSPS) is 9.81. The quantitative estimate of drug-likeness (QED) is 0.473. The summed E-state index contributed by atoms with van der Waals surface area (Å²) in [6.07, 6.45) is 0. The molecule has 0 saturated heterocycles. The lowest BCUT2D eigenvalue weighted by Gasteiger charge is -1.96. The number of hydrogen-bond donors (Lipinski definition) is 2. The highest BCUT2D eigenvalue weighted by Crippen LogP contribution is 2.35. The SMILES string of the molecule is O=[N+]([O-])c1cc([N+](=O)[O-])c(S)c([N+](=O)O)c1. The van der Waals surface area contributed by atoms with Gasteiger partial charge in [-0.1, -0.05) is 0 Å². The van der Waals surface area contributed by atoms with Crippen LogP contribution in [0, 0.1) is 25.1 Å². The van der Waals surface area contributed by atoms with Crippen LogP contribution < -0.4 is 0 Å². The first-order valence-corrected chi connectivity index (χ1v) is 4.11. The van der Waals surface area contributed by atoms with Gasteiger partial charge in [0.25, 0.3) is 16.3 Å². The zero-order valence-electron chi connectivity index (χ0n) is 7.43. The molecular weight excluding hydrogens is 242 g/mol. The topological polar surface area (TPSA) is 127 Å². The predicted octanol–water partition coefficient (Wildman–Crippen LogP) is 1.59. The molecule has 0 unspecified atom stereocenters. The summed E-state index contributed by atoms with van der Waals surface area (Å²) >= 11 is 3.64. The average Bonchev–Trinajstić information content (AvgIpc) is 2.16. The number of nitro groups is 2. The van der Waals surface area contributed by atoms with E-state index in [1.807, 2.05) is 0 Å². The maximum absolute atomic E-state index is 10.6. The Morgan fingerprint density at radius 2 is 1.56 bits per heavy atom. The minimum Gasteiger partial charge on any atom is -0.258 e. The molecule has 0 aliphatic heterocycles. The zero-order valence-corrected chi connectivity index (χ0v) is 8.33. The Labute approximate surface area is 92.5 Å². The summed E-state index contributed by atoms with van der Waals surface area (Å²) in [4.78, 5) is 28.5. The van der Waals surface area contributed by atoms with E-state index < -0.39 is 36.7 Å². The summed E-state index contributed by atoms with van der Waals surface area (Å²) in [6, 6.07) is 1.33. The van der Waals surface area contributed by atoms with Gasteiger partial charge in [-0.2, -0.15) is 0 Å². The van der Waals surface area contributed by atoms with Gasteiger partial charge >= 0.3 is 5.69 Å². The minimum atomic E-state index is -0.942. The maximum atomic E-state index is 10.6. The smallest absolute Gasteiger partial charge is 0.258 e. The van der Waals surface area contributed by atoms with Crippen LogP contribution in [0.4, 0.5) is 17.1 Å². The molecule has 1 rings (SSSR count). The van der Waals surface area contributed by atoms with Crippen molar-refractivity contribution in [2.75, 3.05) is 0 Å². The van der Waals surface area contributed by atoms with E-state index in [-0.39, 0.29) is 0 Å². The number of benzene rings is 1. The number of rotatable bonds is 3. The van der Waals surface area contributed by atoms with Crippen molar-refractivity contribution < 1.29 is 20.0 Å². The first-order chi connectivity index (χ1) is 7.34. The molecule has 10 heteroatoms. The van der Waals surface area contributed by atoms with Gasteiger partial charge < -0.3 is 0 Å². The molecule has 1 aromatic rings. The number of non-ortho nitro benzene ring substituents is 1. The van der Waals surface area contributed by atoms with E-state index in [4.69, 9.17) is 5.21 Å². The molecule has 1 N–H and O–H groups in total. The van der Waals surface area contributed by atoms with Crippen LogP contribution in [0.1, 0.15) is 0 Å². The molecule has 0 bridgehead atoms. The van der Waals surface area contributed by atoms with E-state index >= 15 is 0 Å². The summed E-state index contributed by atoms with van der Waals surface area (Å²) in [5.74, 6) is 0. The van der Waals surface area contributed by atoms with Crippen molar-refractivity contribution in [3.05, 3.63) is 37.3 Å². The van der Waals surface area contributed by atoms with E-state index in [0.29, 0.717) is 12.1 Å². The minimum absolute atomic E-state index is 0.451. The average molecular weight is 246 g/mol. The van der Waals surface area contributed by atoms with Crippen LogP contribution in [0.3, 0.4) is 0 Å². The van der Waals surface area contributed by atoms with Crippen molar-refractivity contribution in [2.45, 2.75) is 4.90 Å². The second-order valence-electron chi connectivity index (χ2n) is 2.62. The fourth-order valence-corrected chi connectivity index (χ4v) is 1.28. The third-order valence-electron chi connectivity index (χ3n) is 1.67. The van der Waals surface area contributed by atoms with Gasteiger partial charge in [0.15, 0.2) is 4.90 Å². The van der Waals surface area contributed by atoms with E-state index in [9.17, 15) is 25.1 Å². The molecule has 9 nitrogen and oxygen atoms in total. The number of thiol groups is 1. The van der Waals surface area contributed by atoms with Crippen LogP contribution in [0.25, 0.3) is 0 Å². The van der Waals surface area contributed by atoms with Gasteiger partial charge in [0.05, 0.1) is 26.9 Å². The Morgan fingerprint density at radius 1 is 1.06 bits per heavy atom. The van der Waals surface area contributed by atoms with Crippen LogP contribution in [-0.4, -0.2) is 20.0 Å². The lowest BCUT2D eigenvalue weighted by atomic mass is 10.2. The van der Waals surface area contributed by atoms with Crippen LogP contribution in [0.5, 0.6) is 0 Å². The maximum Gasteiger partial charge on any atom is 0.343 e. The molecule has 0 spiro atoms. The molecule has 84 valence electrons. The Bertz CT molecular complexity index is 466. The lowest BCUT2D eigenvalue weighted by molar-refractivity contribution is -0.731. The number of hydrogen-bond acceptors (Lipinski definition) is 6. The van der Waals surface area contributed by atoms with Crippen LogP contribution >= 0.6 is 12.6 Å². The summed E-state index contributed by atoms with van der Waals surface area (Å²) in [6.45, 7) is 0. The van der Waals surface area contributed by atoms with E-state index in [1.54, 1.807) is 0 Å². The molecule has 0 saturated carbocycles. The van der Waals surface area contributed by atoms with Gasteiger partial charge in [-0.15, -0.1) is 12.6 Å². The molecule has 0 amide bonds. The van der Waals surface area contributed by atoms with Gasteiger partial charge in [0, 0.05) is 0 Å². The second-order valence-corrected chi connectivity index (χ2v) is 3.07. The molecule has 0 aliphatic carbocycles.